The minimum absolute atomic E-state index is 0.306. The molecule has 0 aliphatic rings. The van der Waals surface area contributed by atoms with Gasteiger partial charge in [-0.2, -0.15) is 0 Å². The van der Waals surface area contributed by atoms with E-state index >= 15 is 0 Å². The highest BCUT2D eigenvalue weighted by molar-refractivity contribution is 5.91. The molecule has 0 atom stereocenters. The van der Waals surface area contributed by atoms with Crippen LogP contribution >= 0.6 is 0 Å². The van der Waals surface area contributed by atoms with E-state index in [0.717, 1.165) is 19.5 Å². The number of phenols is 1. The van der Waals surface area contributed by atoms with Gasteiger partial charge in [0.1, 0.15) is 5.75 Å². The van der Waals surface area contributed by atoms with Gasteiger partial charge >= 0.3 is 0 Å². The lowest BCUT2D eigenvalue weighted by molar-refractivity contribution is 0.475. The molecule has 1 aromatic heterocycles. The molecule has 0 radical (unpaired) electrons. The topological polar surface area (TPSA) is 48.0 Å². The average molecular weight is 370 g/mol. The molecule has 0 bridgehead atoms. The van der Waals surface area contributed by atoms with Crippen LogP contribution in [-0.2, 0) is 13.0 Å². The van der Waals surface area contributed by atoms with Crippen LogP contribution in [-0.4, -0.2) is 16.6 Å². The number of fused-ring (bicyclic) bond motifs is 1. The quantitative estimate of drug-likeness (QED) is 0.393. The van der Waals surface area contributed by atoms with E-state index in [1.165, 1.54) is 44.4 Å². The van der Waals surface area contributed by atoms with Gasteiger partial charge in [0.25, 0.3) is 0 Å². The molecule has 0 aliphatic carbocycles. The van der Waals surface area contributed by atoms with Gasteiger partial charge in [0.2, 0.25) is 0 Å². The third-order valence-corrected chi connectivity index (χ3v) is 5.14. The first-order valence-corrected chi connectivity index (χ1v) is 9.77. The standard InChI is InChI=1S/C25H26N2O/c1-17-13-18(2)15-20(14-17)25-23(22-5-3-4-6-24(22)27-25)11-12-26-16-19-7-9-21(28)10-8-19/h3-10,13-15,26-28H,11-12,16H2,1-2H3. The molecular formula is C25H26N2O. The highest BCUT2D eigenvalue weighted by Gasteiger charge is 2.13. The van der Waals surface area contributed by atoms with E-state index in [2.05, 4.69) is 66.6 Å². The van der Waals surface area contributed by atoms with Crippen molar-refractivity contribution in [2.45, 2.75) is 26.8 Å². The molecule has 0 unspecified atom stereocenters. The van der Waals surface area contributed by atoms with E-state index in [1.54, 1.807) is 12.1 Å². The van der Waals surface area contributed by atoms with Crippen molar-refractivity contribution in [2.24, 2.45) is 0 Å². The molecule has 0 fully saturated rings. The molecular weight excluding hydrogens is 344 g/mol. The Labute approximate surface area is 166 Å². The SMILES string of the molecule is Cc1cc(C)cc(-c2[nH]c3ccccc3c2CCNCc2ccc(O)cc2)c1. The van der Waals surface area contributed by atoms with Crippen LogP contribution < -0.4 is 5.32 Å². The Bertz CT molecular complexity index is 1070. The molecule has 4 aromatic rings. The van der Waals surface area contributed by atoms with Gasteiger partial charge in [0, 0.05) is 23.1 Å². The summed E-state index contributed by atoms with van der Waals surface area (Å²) in [6.45, 7) is 5.98. The van der Waals surface area contributed by atoms with Crippen LogP contribution in [0.15, 0.2) is 66.7 Å². The zero-order valence-electron chi connectivity index (χ0n) is 16.4. The number of aromatic nitrogens is 1. The van der Waals surface area contributed by atoms with Crippen molar-refractivity contribution in [3.05, 3.63) is 89.0 Å². The number of para-hydroxylation sites is 1. The van der Waals surface area contributed by atoms with Crippen LogP contribution in [0.1, 0.15) is 22.3 Å². The van der Waals surface area contributed by atoms with Gasteiger partial charge in [0.15, 0.2) is 0 Å². The number of benzene rings is 3. The maximum atomic E-state index is 9.41. The Morgan fingerprint density at radius 1 is 0.893 bits per heavy atom. The number of H-pyrrole nitrogens is 1. The number of rotatable bonds is 6. The highest BCUT2D eigenvalue weighted by atomic mass is 16.3. The van der Waals surface area contributed by atoms with Crippen LogP contribution in [0.25, 0.3) is 22.2 Å². The molecule has 1 heterocycles. The normalized spacial score (nSPS) is 11.2. The smallest absolute Gasteiger partial charge is 0.115 e. The first kappa shape index (κ1) is 18.3. The van der Waals surface area contributed by atoms with Crippen molar-refractivity contribution in [1.82, 2.24) is 10.3 Å². The summed E-state index contributed by atoms with van der Waals surface area (Å²) in [5.41, 5.74) is 8.76. The van der Waals surface area contributed by atoms with Crippen molar-refractivity contribution in [2.75, 3.05) is 6.54 Å². The monoisotopic (exact) mass is 370 g/mol. The van der Waals surface area contributed by atoms with Gasteiger partial charge in [-0.3, -0.25) is 0 Å². The van der Waals surface area contributed by atoms with Crippen LogP contribution in [0.4, 0.5) is 0 Å². The molecule has 142 valence electrons. The van der Waals surface area contributed by atoms with E-state index < -0.39 is 0 Å². The summed E-state index contributed by atoms with van der Waals surface area (Å²) >= 11 is 0. The Hall–Kier alpha value is -3.04. The average Bonchev–Trinajstić information content (AvgIpc) is 3.05. The summed E-state index contributed by atoms with van der Waals surface area (Å²) in [7, 11) is 0. The minimum atomic E-state index is 0.306. The van der Waals surface area contributed by atoms with Gasteiger partial charge in [-0.15, -0.1) is 0 Å². The maximum Gasteiger partial charge on any atom is 0.115 e. The van der Waals surface area contributed by atoms with E-state index in [1.807, 2.05) is 12.1 Å². The Morgan fingerprint density at radius 2 is 1.61 bits per heavy atom. The number of hydrogen-bond acceptors (Lipinski definition) is 2. The number of aromatic hydroxyl groups is 1. The predicted octanol–water partition coefficient (Wildman–Crippen LogP) is 5.49. The number of aromatic amines is 1. The van der Waals surface area contributed by atoms with E-state index in [9.17, 15) is 5.11 Å². The number of aryl methyl sites for hydroxylation is 2. The van der Waals surface area contributed by atoms with Crippen LogP contribution in [0.5, 0.6) is 5.75 Å². The van der Waals surface area contributed by atoms with Gasteiger partial charge in [-0.05, 0) is 73.8 Å². The second-order valence-electron chi connectivity index (χ2n) is 7.49. The van der Waals surface area contributed by atoms with Crippen molar-refractivity contribution < 1.29 is 5.11 Å². The van der Waals surface area contributed by atoms with Crippen LogP contribution in [0.3, 0.4) is 0 Å². The first-order valence-electron chi connectivity index (χ1n) is 9.77. The Balaban J connectivity index is 1.57. The van der Waals surface area contributed by atoms with Gasteiger partial charge in [0.05, 0.1) is 0 Å². The van der Waals surface area contributed by atoms with Crippen molar-refractivity contribution in [1.29, 1.82) is 0 Å². The molecule has 0 saturated heterocycles. The van der Waals surface area contributed by atoms with Crippen LogP contribution in [0, 0.1) is 13.8 Å². The molecule has 3 N–H and O–H groups in total. The summed E-state index contributed by atoms with van der Waals surface area (Å²) in [6.07, 6.45) is 0.949. The second kappa shape index (κ2) is 7.91. The summed E-state index contributed by atoms with van der Waals surface area (Å²) < 4.78 is 0. The molecule has 28 heavy (non-hydrogen) atoms. The van der Waals surface area contributed by atoms with E-state index in [0.29, 0.717) is 5.75 Å². The van der Waals surface area contributed by atoms with Crippen molar-refractivity contribution in [3.8, 4) is 17.0 Å². The zero-order valence-corrected chi connectivity index (χ0v) is 16.4. The zero-order chi connectivity index (χ0) is 19.5. The fourth-order valence-electron chi connectivity index (χ4n) is 3.89. The Kier molecular flexibility index (Phi) is 5.18. The highest BCUT2D eigenvalue weighted by Crippen LogP contribution is 2.31. The second-order valence-corrected chi connectivity index (χ2v) is 7.49. The van der Waals surface area contributed by atoms with Gasteiger partial charge < -0.3 is 15.4 Å². The first-order chi connectivity index (χ1) is 13.6. The van der Waals surface area contributed by atoms with Gasteiger partial charge in [-0.1, -0.05) is 47.5 Å². The van der Waals surface area contributed by atoms with E-state index in [-0.39, 0.29) is 0 Å². The molecule has 3 heteroatoms. The molecule has 0 aliphatic heterocycles. The minimum Gasteiger partial charge on any atom is -0.508 e. The van der Waals surface area contributed by atoms with Gasteiger partial charge in [-0.25, -0.2) is 0 Å². The maximum absolute atomic E-state index is 9.41. The third kappa shape index (κ3) is 3.95. The van der Waals surface area contributed by atoms with Crippen molar-refractivity contribution in [3.63, 3.8) is 0 Å². The molecule has 3 aromatic carbocycles. The number of hydrogen-bond donors (Lipinski definition) is 3. The van der Waals surface area contributed by atoms with Crippen molar-refractivity contribution >= 4 is 10.9 Å². The molecule has 0 spiro atoms. The molecule has 0 saturated carbocycles. The lowest BCUT2D eigenvalue weighted by Crippen LogP contribution is -2.16. The lowest BCUT2D eigenvalue weighted by Gasteiger charge is -2.09. The van der Waals surface area contributed by atoms with Crippen LogP contribution in [0.2, 0.25) is 0 Å². The summed E-state index contributed by atoms with van der Waals surface area (Å²) in [6, 6.07) is 22.6. The number of phenolic OH excluding ortho intramolecular Hbond substituents is 1. The van der Waals surface area contributed by atoms with E-state index in [4.69, 9.17) is 0 Å². The molecule has 3 nitrogen and oxygen atoms in total. The molecule has 4 rings (SSSR count). The lowest BCUT2D eigenvalue weighted by atomic mass is 9.99. The fraction of sp³-hybridized carbons (Fsp3) is 0.200. The Morgan fingerprint density at radius 3 is 2.36 bits per heavy atom. The largest absolute Gasteiger partial charge is 0.508 e. The fourth-order valence-corrected chi connectivity index (χ4v) is 3.89. The number of nitrogens with one attached hydrogen (secondary N) is 2. The summed E-state index contributed by atoms with van der Waals surface area (Å²) in [5, 5.41) is 14.2. The third-order valence-electron chi connectivity index (χ3n) is 5.14. The summed E-state index contributed by atoms with van der Waals surface area (Å²) in [5.74, 6) is 0.306. The predicted molar refractivity (Wildman–Crippen MR) is 117 cm³/mol. The molecule has 0 amide bonds. The summed E-state index contributed by atoms with van der Waals surface area (Å²) in [4.78, 5) is 3.64.